The zero-order valence-electron chi connectivity index (χ0n) is 12.4. The minimum Gasteiger partial charge on any atom is -0.469 e. The fourth-order valence-electron chi connectivity index (χ4n) is 5.20. The quantitative estimate of drug-likeness (QED) is 0.725. The van der Waals surface area contributed by atoms with Gasteiger partial charge in [0.1, 0.15) is 0 Å². The Hall–Kier alpha value is -0.610. The predicted octanol–water partition coefficient (Wildman–Crippen LogP) is 1.97. The first-order valence-corrected chi connectivity index (χ1v) is 8.16. The van der Waals surface area contributed by atoms with E-state index in [1.807, 2.05) is 0 Å². The van der Waals surface area contributed by atoms with Gasteiger partial charge >= 0.3 is 5.97 Å². The molecule has 4 fully saturated rings. The highest BCUT2D eigenvalue weighted by atomic mass is 16.5. The first-order chi connectivity index (χ1) is 9.69. The van der Waals surface area contributed by atoms with E-state index in [2.05, 4.69) is 4.90 Å². The van der Waals surface area contributed by atoms with Gasteiger partial charge in [-0.1, -0.05) is 0 Å². The molecule has 0 amide bonds. The fraction of sp³-hybridized carbons (Fsp3) is 0.938. The lowest BCUT2D eigenvalue weighted by molar-refractivity contribution is -0.147. The molecular weight excluding hydrogens is 254 g/mol. The summed E-state index contributed by atoms with van der Waals surface area (Å²) in [4.78, 5) is 14.6. The molecule has 4 heteroatoms. The monoisotopic (exact) mass is 279 g/mol. The van der Waals surface area contributed by atoms with Crippen LogP contribution in [0.1, 0.15) is 44.9 Å². The van der Waals surface area contributed by atoms with Crippen LogP contribution in [0, 0.1) is 11.3 Å². The van der Waals surface area contributed by atoms with Gasteiger partial charge in [-0.05, 0) is 57.4 Å². The van der Waals surface area contributed by atoms with Gasteiger partial charge < -0.3 is 9.47 Å². The molecule has 1 spiro atoms. The number of esters is 1. The first-order valence-electron chi connectivity index (χ1n) is 8.16. The Morgan fingerprint density at radius 2 is 2.15 bits per heavy atom. The van der Waals surface area contributed by atoms with Crippen LogP contribution in [0.3, 0.4) is 0 Å². The summed E-state index contributed by atoms with van der Waals surface area (Å²) >= 11 is 0. The van der Waals surface area contributed by atoms with E-state index in [-0.39, 0.29) is 17.0 Å². The molecule has 0 aromatic rings. The summed E-state index contributed by atoms with van der Waals surface area (Å²) in [6, 6.07) is 0.593. The standard InChI is InChI=1S/C16H25NO3/c1-19-14(18)16-7-4-13(12(16)10-16)17-8-2-5-15(11-17)6-3-9-20-15/h12-13H,2-11H2,1H3/t12-,13+,15?,16+/m0/s1. The van der Waals surface area contributed by atoms with E-state index in [4.69, 9.17) is 9.47 Å². The SMILES string of the molecule is COC(=O)[C@@]12CC[C@@H](N3CCCC4(CCCO4)C3)[C@@H]1C2. The minimum atomic E-state index is -0.111. The van der Waals surface area contributed by atoms with Gasteiger partial charge in [0.15, 0.2) is 0 Å². The maximum absolute atomic E-state index is 12.0. The number of nitrogens with zero attached hydrogens (tertiary/aromatic N) is 1. The molecule has 112 valence electrons. The highest BCUT2D eigenvalue weighted by molar-refractivity contribution is 5.81. The maximum Gasteiger partial charge on any atom is 0.312 e. The van der Waals surface area contributed by atoms with E-state index in [9.17, 15) is 4.79 Å². The lowest BCUT2D eigenvalue weighted by atomic mass is 9.88. The van der Waals surface area contributed by atoms with Crippen molar-refractivity contribution in [2.24, 2.45) is 11.3 Å². The zero-order valence-corrected chi connectivity index (χ0v) is 12.4. The van der Waals surface area contributed by atoms with Crippen molar-refractivity contribution in [1.82, 2.24) is 4.90 Å². The van der Waals surface area contributed by atoms with Crippen molar-refractivity contribution in [3.8, 4) is 0 Å². The third-order valence-corrected chi connectivity index (χ3v) is 6.30. The molecule has 20 heavy (non-hydrogen) atoms. The Labute approximate surface area is 120 Å². The highest BCUT2D eigenvalue weighted by Gasteiger charge is 2.68. The smallest absolute Gasteiger partial charge is 0.312 e. The molecule has 0 radical (unpaired) electrons. The van der Waals surface area contributed by atoms with Crippen LogP contribution in [0.15, 0.2) is 0 Å². The van der Waals surface area contributed by atoms with Gasteiger partial charge in [-0.25, -0.2) is 0 Å². The Kier molecular flexibility index (Phi) is 2.90. The molecule has 4 rings (SSSR count). The van der Waals surface area contributed by atoms with Crippen LogP contribution in [-0.2, 0) is 14.3 Å². The minimum absolute atomic E-state index is 0.0360. The predicted molar refractivity (Wildman–Crippen MR) is 74.3 cm³/mol. The van der Waals surface area contributed by atoms with Crippen LogP contribution >= 0.6 is 0 Å². The van der Waals surface area contributed by atoms with Crippen molar-refractivity contribution in [3.05, 3.63) is 0 Å². The van der Waals surface area contributed by atoms with E-state index in [1.165, 1.54) is 39.3 Å². The zero-order chi connectivity index (χ0) is 13.8. The molecule has 0 aromatic heterocycles. The molecule has 2 saturated heterocycles. The highest BCUT2D eigenvalue weighted by Crippen LogP contribution is 2.65. The Bertz CT molecular complexity index is 418. The lowest BCUT2D eigenvalue weighted by Crippen LogP contribution is -2.51. The number of likely N-dealkylation sites (tertiary alicyclic amines) is 1. The number of methoxy groups -OCH3 is 1. The van der Waals surface area contributed by atoms with Crippen LogP contribution in [0.2, 0.25) is 0 Å². The average Bonchev–Trinajstić information content (AvgIpc) is 2.85. The molecular formula is C16H25NO3. The summed E-state index contributed by atoms with van der Waals surface area (Å²) in [5.74, 6) is 0.584. The molecule has 0 N–H and O–H groups in total. The summed E-state index contributed by atoms with van der Waals surface area (Å²) in [6.07, 6.45) is 8.15. The van der Waals surface area contributed by atoms with E-state index >= 15 is 0 Å². The summed E-state index contributed by atoms with van der Waals surface area (Å²) in [7, 11) is 1.53. The molecule has 0 bridgehead atoms. The third kappa shape index (κ3) is 1.77. The molecule has 1 unspecified atom stereocenters. The summed E-state index contributed by atoms with van der Waals surface area (Å²) in [6.45, 7) is 3.21. The molecule has 4 atom stereocenters. The van der Waals surface area contributed by atoms with Crippen LogP contribution < -0.4 is 0 Å². The molecule has 0 aromatic carbocycles. The van der Waals surface area contributed by atoms with Crippen molar-refractivity contribution < 1.29 is 14.3 Å². The van der Waals surface area contributed by atoms with Gasteiger partial charge in [0, 0.05) is 19.2 Å². The molecule has 4 nitrogen and oxygen atoms in total. The first kappa shape index (κ1) is 13.1. The Morgan fingerprint density at radius 1 is 1.30 bits per heavy atom. The number of rotatable bonds is 2. The van der Waals surface area contributed by atoms with Crippen molar-refractivity contribution >= 4 is 5.97 Å². The average molecular weight is 279 g/mol. The Morgan fingerprint density at radius 3 is 2.85 bits per heavy atom. The van der Waals surface area contributed by atoms with E-state index in [0.717, 1.165) is 32.4 Å². The number of fused-ring (bicyclic) bond motifs is 1. The van der Waals surface area contributed by atoms with E-state index in [1.54, 1.807) is 0 Å². The maximum atomic E-state index is 12.0. The molecule has 2 saturated carbocycles. The largest absolute Gasteiger partial charge is 0.469 e. The van der Waals surface area contributed by atoms with Crippen LogP contribution in [0.4, 0.5) is 0 Å². The van der Waals surface area contributed by atoms with Crippen LogP contribution in [-0.4, -0.2) is 49.3 Å². The number of piperidine rings is 1. The number of carbonyl (C=O) groups is 1. The Balaban J connectivity index is 1.46. The van der Waals surface area contributed by atoms with Gasteiger partial charge in [0.05, 0.1) is 18.1 Å². The van der Waals surface area contributed by atoms with Crippen molar-refractivity contribution in [2.45, 2.75) is 56.6 Å². The fourth-order valence-corrected chi connectivity index (χ4v) is 5.20. The second kappa shape index (κ2) is 4.44. The van der Waals surface area contributed by atoms with Crippen molar-refractivity contribution in [1.29, 1.82) is 0 Å². The van der Waals surface area contributed by atoms with Crippen LogP contribution in [0.25, 0.3) is 0 Å². The molecule has 2 aliphatic carbocycles. The van der Waals surface area contributed by atoms with E-state index in [0.29, 0.717) is 12.0 Å². The van der Waals surface area contributed by atoms with Gasteiger partial charge in [-0.3, -0.25) is 9.69 Å². The van der Waals surface area contributed by atoms with Gasteiger partial charge in [0.25, 0.3) is 0 Å². The van der Waals surface area contributed by atoms with Gasteiger partial charge in [-0.15, -0.1) is 0 Å². The number of ether oxygens (including phenoxy) is 2. The number of hydrogen-bond acceptors (Lipinski definition) is 4. The summed E-state index contributed by atoms with van der Waals surface area (Å²) in [5, 5.41) is 0. The summed E-state index contributed by atoms with van der Waals surface area (Å²) in [5.41, 5.74) is 0.0320. The van der Waals surface area contributed by atoms with Gasteiger partial charge in [-0.2, -0.15) is 0 Å². The molecule has 4 aliphatic rings. The summed E-state index contributed by atoms with van der Waals surface area (Å²) < 4.78 is 11.1. The second-order valence-electron chi connectivity index (χ2n) is 7.27. The van der Waals surface area contributed by atoms with E-state index < -0.39 is 0 Å². The topological polar surface area (TPSA) is 38.8 Å². The molecule has 2 aliphatic heterocycles. The second-order valence-corrected chi connectivity index (χ2v) is 7.27. The van der Waals surface area contributed by atoms with Crippen molar-refractivity contribution in [2.75, 3.05) is 26.8 Å². The van der Waals surface area contributed by atoms with Crippen molar-refractivity contribution in [3.63, 3.8) is 0 Å². The van der Waals surface area contributed by atoms with Crippen LogP contribution in [0.5, 0.6) is 0 Å². The number of hydrogen-bond donors (Lipinski definition) is 0. The van der Waals surface area contributed by atoms with Gasteiger partial charge in [0.2, 0.25) is 0 Å². The lowest BCUT2D eigenvalue weighted by Gasteiger charge is -2.43. The number of carbonyl (C=O) groups excluding carboxylic acids is 1. The normalized spacial score (nSPS) is 47.5. The third-order valence-electron chi connectivity index (χ3n) is 6.30. The molecule has 2 heterocycles.